The maximum absolute atomic E-state index is 11.0. The van der Waals surface area contributed by atoms with Gasteiger partial charge in [0.25, 0.3) is 5.88 Å². The molecule has 1 saturated heterocycles. The molecule has 0 radical (unpaired) electrons. The van der Waals surface area contributed by atoms with Crippen molar-refractivity contribution in [1.82, 2.24) is 15.3 Å². The van der Waals surface area contributed by atoms with Crippen LogP contribution in [0.3, 0.4) is 0 Å². The summed E-state index contributed by atoms with van der Waals surface area (Å²) in [4.78, 5) is 29.0. The number of carbonyl (C=O) groups is 1. The number of ether oxygens (including phenoxy) is 1. The number of aromatic nitrogens is 2. The predicted molar refractivity (Wildman–Crippen MR) is 64.9 cm³/mol. The predicted octanol–water partition coefficient (Wildman–Crippen LogP) is 0.0839. The zero-order valence-electron chi connectivity index (χ0n) is 10.3. The number of anilines is 1. The SMILES string of the molecule is COc1ncnc(NC2CCC(=O)NC2)c1[N+](=O)[O-]. The van der Waals surface area contributed by atoms with Crippen LogP contribution >= 0.6 is 0 Å². The van der Waals surface area contributed by atoms with Crippen LogP contribution in [0.1, 0.15) is 12.8 Å². The lowest BCUT2D eigenvalue weighted by Gasteiger charge is -2.23. The van der Waals surface area contributed by atoms with Crippen molar-refractivity contribution in [3.8, 4) is 5.88 Å². The summed E-state index contributed by atoms with van der Waals surface area (Å²) in [5.74, 6) is -0.0202. The Morgan fingerprint density at radius 1 is 1.58 bits per heavy atom. The Morgan fingerprint density at radius 3 is 2.95 bits per heavy atom. The van der Waals surface area contributed by atoms with Crippen LogP contribution < -0.4 is 15.4 Å². The number of amides is 1. The third-order valence-electron chi connectivity index (χ3n) is 2.77. The summed E-state index contributed by atoms with van der Waals surface area (Å²) in [5.41, 5.74) is -0.304. The first-order chi connectivity index (χ1) is 9.11. The summed E-state index contributed by atoms with van der Waals surface area (Å²) in [6.45, 7) is 0.405. The van der Waals surface area contributed by atoms with Crippen LogP contribution in [0, 0.1) is 10.1 Å². The standard InChI is InChI=1S/C10H13N5O4/c1-19-10-8(15(17)18)9(12-5-13-10)14-6-2-3-7(16)11-4-6/h5-6H,2-4H2,1H3,(H,11,16)(H,12,13,14). The van der Waals surface area contributed by atoms with Gasteiger partial charge in [0.2, 0.25) is 11.7 Å². The molecule has 1 unspecified atom stereocenters. The number of methoxy groups -OCH3 is 1. The first-order valence-corrected chi connectivity index (χ1v) is 5.68. The Kier molecular flexibility index (Phi) is 3.74. The van der Waals surface area contributed by atoms with E-state index in [-0.39, 0.29) is 29.3 Å². The van der Waals surface area contributed by atoms with Gasteiger partial charge >= 0.3 is 5.69 Å². The van der Waals surface area contributed by atoms with Crippen LogP contribution in [0.4, 0.5) is 11.5 Å². The zero-order chi connectivity index (χ0) is 13.8. The van der Waals surface area contributed by atoms with E-state index in [0.29, 0.717) is 19.4 Å². The fourth-order valence-corrected chi connectivity index (χ4v) is 1.83. The Hall–Kier alpha value is -2.45. The molecular weight excluding hydrogens is 254 g/mol. The fraction of sp³-hybridized carbons (Fsp3) is 0.500. The van der Waals surface area contributed by atoms with Crippen molar-refractivity contribution in [2.24, 2.45) is 0 Å². The maximum atomic E-state index is 11.0. The lowest BCUT2D eigenvalue weighted by Crippen LogP contribution is -2.42. The molecule has 1 aromatic rings. The van der Waals surface area contributed by atoms with Gasteiger partial charge in [-0.15, -0.1) is 0 Å². The first-order valence-electron chi connectivity index (χ1n) is 5.68. The lowest BCUT2D eigenvalue weighted by molar-refractivity contribution is -0.385. The van der Waals surface area contributed by atoms with Crippen molar-refractivity contribution in [2.75, 3.05) is 19.0 Å². The van der Waals surface area contributed by atoms with Gasteiger partial charge in [-0.25, -0.2) is 4.98 Å². The normalized spacial score (nSPS) is 18.6. The molecule has 0 aromatic carbocycles. The van der Waals surface area contributed by atoms with E-state index in [1.807, 2.05) is 0 Å². The molecule has 102 valence electrons. The molecule has 1 atom stereocenters. The highest BCUT2D eigenvalue weighted by Crippen LogP contribution is 2.31. The number of hydrogen-bond donors (Lipinski definition) is 2. The van der Waals surface area contributed by atoms with Crippen molar-refractivity contribution in [3.05, 3.63) is 16.4 Å². The van der Waals surface area contributed by atoms with E-state index < -0.39 is 4.92 Å². The highest BCUT2D eigenvalue weighted by atomic mass is 16.6. The van der Waals surface area contributed by atoms with E-state index in [4.69, 9.17) is 4.74 Å². The van der Waals surface area contributed by atoms with Crippen molar-refractivity contribution >= 4 is 17.4 Å². The minimum absolute atomic E-state index is 0.0205. The van der Waals surface area contributed by atoms with Gasteiger partial charge in [0, 0.05) is 19.0 Å². The smallest absolute Gasteiger partial charge is 0.372 e. The van der Waals surface area contributed by atoms with Crippen LogP contribution in [-0.4, -0.2) is 40.5 Å². The average molecular weight is 267 g/mol. The molecule has 0 spiro atoms. The van der Waals surface area contributed by atoms with E-state index in [1.54, 1.807) is 0 Å². The zero-order valence-corrected chi connectivity index (χ0v) is 10.3. The Balaban J connectivity index is 2.20. The largest absolute Gasteiger partial charge is 0.476 e. The number of rotatable bonds is 4. The topological polar surface area (TPSA) is 119 Å². The molecule has 19 heavy (non-hydrogen) atoms. The van der Waals surface area contributed by atoms with Gasteiger partial charge in [-0.2, -0.15) is 4.98 Å². The quantitative estimate of drug-likeness (QED) is 0.585. The van der Waals surface area contributed by atoms with E-state index in [9.17, 15) is 14.9 Å². The van der Waals surface area contributed by atoms with Crippen molar-refractivity contribution in [2.45, 2.75) is 18.9 Å². The summed E-state index contributed by atoms with van der Waals surface area (Å²) in [6.07, 6.45) is 2.17. The summed E-state index contributed by atoms with van der Waals surface area (Å²) >= 11 is 0. The number of nitro groups is 1. The molecule has 0 bridgehead atoms. The van der Waals surface area contributed by atoms with Crippen molar-refractivity contribution < 1.29 is 14.5 Å². The molecule has 1 aromatic heterocycles. The third kappa shape index (κ3) is 2.87. The molecule has 0 saturated carbocycles. The molecule has 9 nitrogen and oxygen atoms in total. The molecule has 1 fully saturated rings. The molecule has 1 amide bonds. The summed E-state index contributed by atoms with van der Waals surface area (Å²) in [6, 6.07) is -0.101. The second-order valence-corrected chi connectivity index (χ2v) is 4.02. The number of nitrogens with zero attached hydrogens (tertiary/aromatic N) is 3. The molecule has 0 aliphatic carbocycles. The van der Waals surface area contributed by atoms with Gasteiger partial charge < -0.3 is 15.4 Å². The second-order valence-electron chi connectivity index (χ2n) is 4.02. The van der Waals surface area contributed by atoms with E-state index in [2.05, 4.69) is 20.6 Å². The van der Waals surface area contributed by atoms with E-state index >= 15 is 0 Å². The highest BCUT2D eigenvalue weighted by Gasteiger charge is 2.27. The highest BCUT2D eigenvalue weighted by molar-refractivity contribution is 5.77. The summed E-state index contributed by atoms with van der Waals surface area (Å²) in [7, 11) is 1.31. The summed E-state index contributed by atoms with van der Waals surface area (Å²) in [5, 5.41) is 16.7. The number of carbonyl (C=O) groups excluding carboxylic acids is 1. The van der Waals surface area contributed by atoms with E-state index in [1.165, 1.54) is 13.4 Å². The minimum Gasteiger partial charge on any atom is -0.476 e. The van der Waals surface area contributed by atoms with Crippen LogP contribution in [0.15, 0.2) is 6.33 Å². The van der Waals surface area contributed by atoms with Gasteiger partial charge in [0.15, 0.2) is 0 Å². The van der Waals surface area contributed by atoms with Gasteiger partial charge in [-0.3, -0.25) is 14.9 Å². The van der Waals surface area contributed by atoms with Crippen molar-refractivity contribution in [3.63, 3.8) is 0 Å². The average Bonchev–Trinajstić information content (AvgIpc) is 2.40. The number of piperidine rings is 1. The number of nitrogens with one attached hydrogen (secondary N) is 2. The minimum atomic E-state index is -0.595. The van der Waals surface area contributed by atoms with Crippen LogP contribution in [0.5, 0.6) is 5.88 Å². The molecule has 1 aliphatic rings. The van der Waals surface area contributed by atoms with Crippen LogP contribution in [0.2, 0.25) is 0 Å². The first kappa shape index (κ1) is 13.0. The Bertz CT molecular complexity index is 497. The van der Waals surface area contributed by atoms with Gasteiger partial charge in [0.1, 0.15) is 6.33 Å². The van der Waals surface area contributed by atoms with Gasteiger partial charge in [-0.1, -0.05) is 0 Å². The van der Waals surface area contributed by atoms with E-state index in [0.717, 1.165) is 0 Å². The van der Waals surface area contributed by atoms with Gasteiger partial charge in [-0.05, 0) is 6.42 Å². The fourth-order valence-electron chi connectivity index (χ4n) is 1.83. The molecule has 2 rings (SSSR count). The molecule has 1 aliphatic heterocycles. The van der Waals surface area contributed by atoms with Crippen LogP contribution in [0.25, 0.3) is 0 Å². The molecule has 2 N–H and O–H groups in total. The van der Waals surface area contributed by atoms with Crippen molar-refractivity contribution in [1.29, 1.82) is 0 Å². The molecule has 2 heterocycles. The third-order valence-corrected chi connectivity index (χ3v) is 2.77. The maximum Gasteiger partial charge on any atom is 0.372 e. The Morgan fingerprint density at radius 2 is 2.37 bits per heavy atom. The summed E-state index contributed by atoms with van der Waals surface area (Å²) < 4.78 is 4.85. The number of hydrogen-bond acceptors (Lipinski definition) is 7. The monoisotopic (exact) mass is 267 g/mol. The second kappa shape index (κ2) is 5.46. The van der Waals surface area contributed by atoms with Gasteiger partial charge in [0.05, 0.1) is 12.0 Å². The molecule has 9 heteroatoms. The molecular formula is C10H13N5O4. The Labute approximate surface area is 108 Å². The van der Waals surface area contributed by atoms with Crippen LogP contribution in [-0.2, 0) is 4.79 Å². The lowest BCUT2D eigenvalue weighted by atomic mass is 10.1.